The van der Waals surface area contributed by atoms with Crippen molar-refractivity contribution < 1.29 is 4.79 Å². The fraction of sp³-hybridized carbons (Fsp3) is 0.200. The summed E-state index contributed by atoms with van der Waals surface area (Å²) >= 11 is 2.79. The number of aromatic amines is 1. The minimum atomic E-state index is -0.158. The molecule has 1 aromatic carbocycles. The Morgan fingerprint density at radius 1 is 1.35 bits per heavy atom. The SMILES string of the molecule is Cc1csc(NC(=O)CSCc2nc3ccccc3c(=O)[nH]2)n1. The number of nitrogens with zero attached hydrogens (tertiary/aromatic N) is 2. The molecular formula is C15H14N4O2S2. The van der Waals surface area contributed by atoms with Crippen molar-refractivity contribution in [3.05, 3.63) is 51.5 Å². The van der Waals surface area contributed by atoms with E-state index in [1.54, 1.807) is 18.2 Å². The first-order valence-corrected chi connectivity index (χ1v) is 8.93. The van der Waals surface area contributed by atoms with Gasteiger partial charge in [0.2, 0.25) is 5.91 Å². The fourth-order valence-corrected chi connectivity index (χ4v) is 3.40. The van der Waals surface area contributed by atoms with Crippen molar-refractivity contribution in [1.29, 1.82) is 0 Å². The van der Waals surface area contributed by atoms with Gasteiger partial charge < -0.3 is 10.3 Å². The van der Waals surface area contributed by atoms with Gasteiger partial charge in [0.05, 0.1) is 28.1 Å². The van der Waals surface area contributed by atoms with Crippen LogP contribution in [0.25, 0.3) is 10.9 Å². The monoisotopic (exact) mass is 346 g/mol. The molecule has 2 heterocycles. The van der Waals surface area contributed by atoms with Crippen molar-refractivity contribution in [2.24, 2.45) is 0 Å². The number of H-pyrrole nitrogens is 1. The molecule has 0 saturated heterocycles. The molecule has 0 unspecified atom stereocenters. The molecule has 0 radical (unpaired) electrons. The third-order valence-corrected chi connectivity index (χ3v) is 4.82. The van der Waals surface area contributed by atoms with Crippen LogP contribution in [0, 0.1) is 6.92 Å². The maximum absolute atomic E-state index is 11.9. The summed E-state index contributed by atoms with van der Waals surface area (Å²) in [6, 6.07) is 7.19. The second kappa shape index (κ2) is 6.93. The minimum Gasteiger partial charge on any atom is -0.309 e. The van der Waals surface area contributed by atoms with Crippen LogP contribution in [-0.4, -0.2) is 26.6 Å². The highest BCUT2D eigenvalue weighted by Gasteiger charge is 2.07. The number of carbonyl (C=O) groups is 1. The standard InChI is InChI=1S/C15H14N4O2S2/c1-9-6-23-15(16-9)19-13(20)8-22-7-12-17-11-5-3-2-4-10(11)14(21)18-12/h2-6H,7-8H2,1H3,(H,16,19,20)(H,17,18,21). The number of aromatic nitrogens is 3. The highest BCUT2D eigenvalue weighted by molar-refractivity contribution is 7.99. The average molecular weight is 346 g/mol. The predicted molar refractivity (Wildman–Crippen MR) is 94.0 cm³/mol. The van der Waals surface area contributed by atoms with E-state index in [-0.39, 0.29) is 17.2 Å². The van der Waals surface area contributed by atoms with Gasteiger partial charge in [-0.05, 0) is 19.1 Å². The number of thioether (sulfide) groups is 1. The molecule has 0 saturated carbocycles. The summed E-state index contributed by atoms with van der Waals surface area (Å²) in [5, 5.41) is 5.80. The topological polar surface area (TPSA) is 87.7 Å². The van der Waals surface area contributed by atoms with Gasteiger partial charge in [0.15, 0.2) is 5.13 Å². The second-order valence-electron chi connectivity index (χ2n) is 4.86. The molecule has 3 aromatic rings. The summed E-state index contributed by atoms with van der Waals surface area (Å²) in [5.74, 6) is 1.18. The summed E-state index contributed by atoms with van der Waals surface area (Å²) < 4.78 is 0. The highest BCUT2D eigenvalue weighted by atomic mass is 32.2. The van der Waals surface area contributed by atoms with Crippen molar-refractivity contribution in [3.8, 4) is 0 Å². The summed E-state index contributed by atoms with van der Waals surface area (Å²) in [6.07, 6.45) is 0. The van der Waals surface area contributed by atoms with E-state index in [0.717, 1.165) is 5.69 Å². The second-order valence-corrected chi connectivity index (χ2v) is 6.71. The van der Waals surface area contributed by atoms with Gasteiger partial charge >= 0.3 is 0 Å². The zero-order chi connectivity index (χ0) is 16.2. The van der Waals surface area contributed by atoms with Crippen LogP contribution in [-0.2, 0) is 10.5 Å². The van der Waals surface area contributed by atoms with Crippen LogP contribution in [0.1, 0.15) is 11.5 Å². The number of nitrogens with one attached hydrogen (secondary N) is 2. The molecule has 0 aliphatic rings. The van der Waals surface area contributed by atoms with E-state index < -0.39 is 0 Å². The van der Waals surface area contributed by atoms with Crippen LogP contribution in [0.2, 0.25) is 0 Å². The van der Waals surface area contributed by atoms with Gasteiger partial charge in [-0.3, -0.25) is 9.59 Å². The first-order chi connectivity index (χ1) is 11.1. The van der Waals surface area contributed by atoms with Crippen molar-refractivity contribution in [3.63, 3.8) is 0 Å². The van der Waals surface area contributed by atoms with E-state index in [9.17, 15) is 9.59 Å². The number of rotatable bonds is 5. The number of anilines is 1. The Kier molecular flexibility index (Phi) is 4.73. The molecule has 2 aromatic heterocycles. The summed E-state index contributed by atoms with van der Waals surface area (Å²) in [6.45, 7) is 1.88. The van der Waals surface area contributed by atoms with Gasteiger partial charge in [0.25, 0.3) is 5.56 Å². The van der Waals surface area contributed by atoms with E-state index in [2.05, 4.69) is 20.3 Å². The molecule has 0 fully saturated rings. The predicted octanol–water partition coefficient (Wildman–Crippen LogP) is 2.56. The molecule has 6 nitrogen and oxygen atoms in total. The third-order valence-electron chi connectivity index (χ3n) is 3.00. The number of para-hydroxylation sites is 1. The lowest BCUT2D eigenvalue weighted by molar-refractivity contribution is -0.113. The average Bonchev–Trinajstić information content (AvgIpc) is 2.92. The summed E-state index contributed by atoms with van der Waals surface area (Å²) in [4.78, 5) is 35.1. The molecule has 8 heteroatoms. The van der Waals surface area contributed by atoms with Gasteiger partial charge in [-0.15, -0.1) is 23.1 Å². The van der Waals surface area contributed by atoms with Crippen LogP contribution in [0.4, 0.5) is 5.13 Å². The normalized spacial score (nSPS) is 10.8. The van der Waals surface area contributed by atoms with Crippen molar-refractivity contribution in [1.82, 2.24) is 15.0 Å². The van der Waals surface area contributed by atoms with Crippen LogP contribution in [0.15, 0.2) is 34.4 Å². The Balaban J connectivity index is 1.58. The quantitative estimate of drug-likeness (QED) is 0.741. The van der Waals surface area contributed by atoms with Crippen molar-refractivity contribution in [2.45, 2.75) is 12.7 Å². The first-order valence-electron chi connectivity index (χ1n) is 6.89. The Morgan fingerprint density at radius 3 is 2.96 bits per heavy atom. The van der Waals surface area contributed by atoms with Gasteiger partial charge in [-0.1, -0.05) is 12.1 Å². The lowest BCUT2D eigenvalue weighted by Crippen LogP contribution is -2.15. The summed E-state index contributed by atoms with van der Waals surface area (Å²) in [5.41, 5.74) is 1.39. The van der Waals surface area contributed by atoms with Crippen LogP contribution in [0.5, 0.6) is 0 Å². The number of hydrogen-bond acceptors (Lipinski definition) is 6. The van der Waals surface area contributed by atoms with Gasteiger partial charge in [0, 0.05) is 5.38 Å². The number of carbonyl (C=O) groups excluding carboxylic acids is 1. The largest absolute Gasteiger partial charge is 0.309 e. The molecule has 3 rings (SSSR count). The Bertz CT molecular complexity index is 904. The maximum atomic E-state index is 11.9. The molecule has 0 aliphatic carbocycles. The molecule has 0 aliphatic heterocycles. The number of hydrogen-bond donors (Lipinski definition) is 2. The van der Waals surface area contributed by atoms with Crippen molar-refractivity contribution >= 4 is 45.0 Å². The van der Waals surface area contributed by atoms with E-state index in [1.165, 1.54) is 23.1 Å². The number of fused-ring (bicyclic) bond motifs is 1. The molecule has 23 heavy (non-hydrogen) atoms. The highest BCUT2D eigenvalue weighted by Crippen LogP contribution is 2.16. The molecule has 0 spiro atoms. The first kappa shape index (κ1) is 15.7. The van der Waals surface area contributed by atoms with E-state index in [0.29, 0.717) is 27.6 Å². The summed E-state index contributed by atoms with van der Waals surface area (Å²) in [7, 11) is 0. The molecule has 1 amide bonds. The van der Waals surface area contributed by atoms with Crippen LogP contribution in [0.3, 0.4) is 0 Å². The fourth-order valence-electron chi connectivity index (χ4n) is 2.01. The van der Waals surface area contributed by atoms with E-state index in [4.69, 9.17) is 0 Å². The molecule has 0 atom stereocenters. The van der Waals surface area contributed by atoms with Crippen molar-refractivity contribution in [2.75, 3.05) is 11.1 Å². The zero-order valence-electron chi connectivity index (χ0n) is 12.3. The maximum Gasteiger partial charge on any atom is 0.258 e. The van der Waals surface area contributed by atoms with E-state index in [1.807, 2.05) is 18.4 Å². The Morgan fingerprint density at radius 2 is 2.17 bits per heavy atom. The Labute approximate surface area is 140 Å². The third kappa shape index (κ3) is 3.96. The number of amides is 1. The van der Waals surface area contributed by atoms with Gasteiger partial charge in [-0.25, -0.2) is 9.97 Å². The van der Waals surface area contributed by atoms with Crippen LogP contribution < -0.4 is 10.9 Å². The molecule has 118 valence electrons. The van der Waals surface area contributed by atoms with Gasteiger partial charge in [0.1, 0.15) is 5.82 Å². The number of aryl methyl sites for hydroxylation is 1. The minimum absolute atomic E-state index is 0.118. The van der Waals surface area contributed by atoms with Gasteiger partial charge in [-0.2, -0.15) is 0 Å². The molecular weight excluding hydrogens is 332 g/mol. The lowest BCUT2D eigenvalue weighted by Gasteiger charge is -2.03. The number of benzene rings is 1. The Hall–Kier alpha value is -2.19. The number of thiazole rings is 1. The molecule has 2 N–H and O–H groups in total. The zero-order valence-corrected chi connectivity index (χ0v) is 14.0. The van der Waals surface area contributed by atoms with Crippen LogP contribution >= 0.6 is 23.1 Å². The molecule has 0 bridgehead atoms. The lowest BCUT2D eigenvalue weighted by atomic mass is 10.2. The smallest absolute Gasteiger partial charge is 0.258 e. The van der Waals surface area contributed by atoms with E-state index >= 15 is 0 Å².